The van der Waals surface area contributed by atoms with E-state index in [0.717, 1.165) is 50.0 Å². The highest BCUT2D eigenvalue weighted by Gasteiger charge is 2.25. The molecule has 1 aromatic carbocycles. The number of anilines is 1. The molecule has 0 fully saturated rings. The predicted molar refractivity (Wildman–Crippen MR) is 110 cm³/mol. The van der Waals surface area contributed by atoms with Gasteiger partial charge in [0.15, 0.2) is 16.0 Å². The SMILES string of the molecule is CN(C)Cc1nc(S(=O)NC(=O)Nc2c3c(cc4c2CCC4)CCC3)cn1C. The Kier molecular flexibility index (Phi) is 5.25. The van der Waals surface area contributed by atoms with Crippen LogP contribution in [0.5, 0.6) is 0 Å². The summed E-state index contributed by atoms with van der Waals surface area (Å²) >= 11 is 0. The minimum Gasteiger partial charge on any atom is -0.336 e. The molecule has 0 aliphatic heterocycles. The number of hydrogen-bond donors (Lipinski definition) is 2. The number of benzene rings is 1. The van der Waals surface area contributed by atoms with Crippen molar-refractivity contribution < 1.29 is 9.00 Å². The smallest absolute Gasteiger partial charge is 0.331 e. The first-order valence-corrected chi connectivity index (χ1v) is 10.9. The maximum atomic E-state index is 12.6. The summed E-state index contributed by atoms with van der Waals surface area (Å²) < 4.78 is 17.0. The van der Waals surface area contributed by atoms with Gasteiger partial charge in [0.2, 0.25) is 0 Å². The quantitative estimate of drug-likeness (QED) is 0.806. The Morgan fingerprint density at radius 1 is 1.18 bits per heavy atom. The molecule has 2 aromatic rings. The fourth-order valence-corrected chi connectivity index (χ4v) is 5.00. The van der Waals surface area contributed by atoms with E-state index < -0.39 is 17.0 Å². The summed E-state index contributed by atoms with van der Waals surface area (Å²) in [6.07, 6.45) is 8.10. The number of carbonyl (C=O) groups excluding carboxylic acids is 1. The van der Waals surface area contributed by atoms with E-state index in [9.17, 15) is 9.00 Å². The van der Waals surface area contributed by atoms with Gasteiger partial charge < -0.3 is 14.8 Å². The maximum Gasteiger partial charge on any atom is 0.331 e. The van der Waals surface area contributed by atoms with E-state index in [1.54, 1.807) is 6.20 Å². The van der Waals surface area contributed by atoms with Crippen molar-refractivity contribution in [3.05, 3.63) is 40.3 Å². The fourth-order valence-electron chi connectivity index (χ4n) is 4.24. The second-order valence-electron chi connectivity index (χ2n) is 7.90. The van der Waals surface area contributed by atoms with Crippen molar-refractivity contribution in [2.45, 2.75) is 50.1 Å². The molecule has 0 bridgehead atoms. The summed E-state index contributed by atoms with van der Waals surface area (Å²) in [7, 11) is 4.07. The predicted octanol–water partition coefficient (Wildman–Crippen LogP) is 2.30. The molecule has 8 heteroatoms. The summed E-state index contributed by atoms with van der Waals surface area (Å²) in [5.74, 6) is 0.800. The zero-order chi connectivity index (χ0) is 19.8. The summed E-state index contributed by atoms with van der Waals surface area (Å²) in [6.45, 7) is 0.641. The van der Waals surface area contributed by atoms with Gasteiger partial charge in [-0.2, -0.15) is 0 Å². The number of carbonyl (C=O) groups is 1. The molecule has 0 spiro atoms. The number of nitrogens with one attached hydrogen (secondary N) is 2. The van der Waals surface area contributed by atoms with E-state index in [1.165, 1.54) is 22.3 Å². The first kappa shape index (κ1) is 19.1. The van der Waals surface area contributed by atoms with Gasteiger partial charge in [0.1, 0.15) is 5.82 Å². The van der Waals surface area contributed by atoms with Crippen LogP contribution in [0.3, 0.4) is 0 Å². The van der Waals surface area contributed by atoms with Gasteiger partial charge in [-0.15, -0.1) is 0 Å². The highest BCUT2D eigenvalue weighted by molar-refractivity contribution is 7.83. The third kappa shape index (κ3) is 3.71. The van der Waals surface area contributed by atoms with Crippen molar-refractivity contribution in [1.82, 2.24) is 19.2 Å². The van der Waals surface area contributed by atoms with Gasteiger partial charge in [0, 0.05) is 18.9 Å². The number of rotatable bonds is 5. The van der Waals surface area contributed by atoms with Crippen LogP contribution in [-0.2, 0) is 50.3 Å². The number of aryl methyl sites for hydroxylation is 3. The lowest BCUT2D eigenvalue weighted by Crippen LogP contribution is -2.31. The van der Waals surface area contributed by atoms with Crippen molar-refractivity contribution >= 4 is 22.7 Å². The van der Waals surface area contributed by atoms with Crippen LogP contribution in [0.25, 0.3) is 0 Å². The number of fused-ring (bicyclic) bond motifs is 2. The Hall–Kier alpha value is -2.19. The van der Waals surface area contributed by atoms with E-state index in [-0.39, 0.29) is 0 Å². The molecule has 2 amide bonds. The van der Waals surface area contributed by atoms with Crippen LogP contribution in [0.1, 0.15) is 40.9 Å². The minimum atomic E-state index is -1.70. The first-order valence-electron chi connectivity index (χ1n) is 9.75. The van der Waals surface area contributed by atoms with Crippen LogP contribution in [0.15, 0.2) is 17.3 Å². The summed E-state index contributed by atoms with van der Waals surface area (Å²) in [6, 6.07) is 1.89. The summed E-state index contributed by atoms with van der Waals surface area (Å²) in [4.78, 5) is 19.0. The van der Waals surface area contributed by atoms with E-state index in [0.29, 0.717) is 11.6 Å². The highest BCUT2D eigenvalue weighted by Crippen LogP contribution is 2.38. The largest absolute Gasteiger partial charge is 0.336 e. The van der Waals surface area contributed by atoms with Gasteiger partial charge in [-0.1, -0.05) is 6.07 Å². The zero-order valence-corrected chi connectivity index (χ0v) is 17.5. The molecular formula is C20H27N5O2S. The molecule has 2 N–H and O–H groups in total. The van der Waals surface area contributed by atoms with Gasteiger partial charge in [-0.3, -0.25) is 4.72 Å². The number of amides is 2. The van der Waals surface area contributed by atoms with Crippen LogP contribution in [-0.4, -0.2) is 38.8 Å². The monoisotopic (exact) mass is 401 g/mol. The van der Waals surface area contributed by atoms with E-state index >= 15 is 0 Å². The molecule has 1 unspecified atom stereocenters. The second-order valence-corrected chi connectivity index (χ2v) is 9.06. The molecule has 0 radical (unpaired) electrons. The van der Waals surface area contributed by atoms with E-state index in [2.05, 4.69) is 21.1 Å². The van der Waals surface area contributed by atoms with Crippen LogP contribution < -0.4 is 10.0 Å². The van der Waals surface area contributed by atoms with Crippen LogP contribution in [0, 0.1) is 0 Å². The Balaban J connectivity index is 1.49. The van der Waals surface area contributed by atoms with Crippen molar-refractivity contribution in [3.8, 4) is 0 Å². The lowest BCUT2D eigenvalue weighted by atomic mass is 9.99. The molecule has 150 valence electrons. The average Bonchev–Trinajstić information content (AvgIpc) is 3.34. The first-order chi connectivity index (χ1) is 13.4. The van der Waals surface area contributed by atoms with Crippen molar-refractivity contribution in [2.75, 3.05) is 19.4 Å². The molecule has 1 heterocycles. The Labute approximate surface area is 168 Å². The van der Waals surface area contributed by atoms with Crippen molar-refractivity contribution in [3.63, 3.8) is 0 Å². The Morgan fingerprint density at radius 2 is 1.82 bits per heavy atom. The van der Waals surface area contributed by atoms with E-state index in [4.69, 9.17) is 0 Å². The molecule has 1 aromatic heterocycles. The summed E-state index contributed by atoms with van der Waals surface area (Å²) in [5.41, 5.74) is 6.18. The van der Waals surface area contributed by atoms with Gasteiger partial charge in [0.25, 0.3) is 0 Å². The van der Waals surface area contributed by atoms with Crippen LogP contribution in [0.2, 0.25) is 0 Å². The molecule has 2 aliphatic carbocycles. The molecule has 4 rings (SSSR count). The number of hydrogen-bond acceptors (Lipinski definition) is 4. The third-order valence-corrected chi connectivity index (χ3v) is 6.44. The van der Waals surface area contributed by atoms with Gasteiger partial charge in [0.05, 0.1) is 6.54 Å². The van der Waals surface area contributed by atoms with Gasteiger partial charge >= 0.3 is 6.03 Å². The van der Waals surface area contributed by atoms with Crippen LogP contribution in [0.4, 0.5) is 10.5 Å². The number of imidazole rings is 1. The fraction of sp³-hybridized carbons (Fsp3) is 0.500. The highest BCUT2D eigenvalue weighted by atomic mass is 32.2. The van der Waals surface area contributed by atoms with Gasteiger partial charge in [-0.05, 0) is 74.9 Å². The molecule has 28 heavy (non-hydrogen) atoms. The average molecular weight is 402 g/mol. The third-order valence-electron chi connectivity index (χ3n) is 5.50. The molecule has 2 aliphatic rings. The lowest BCUT2D eigenvalue weighted by Gasteiger charge is -2.16. The van der Waals surface area contributed by atoms with Gasteiger partial charge in [-0.25, -0.2) is 14.0 Å². The number of nitrogens with zero attached hydrogens (tertiary/aromatic N) is 3. The maximum absolute atomic E-state index is 12.6. The molecular weight excluding hydrogens is 374 g/mol. The number of aromatic nitrogens is 2. The molecule has 0 saturated carbocycles. The molecule has 7 nitrogen and oxygen atoms in total. The second kappa shape index (κ2) is 7.67. The Bertz CT molecular complexity index is 918. The lowest BCUT2D eigenvalue weighted by molar-refractivity contribution is 0.257. The number of urea groups is 1. The normalized spacial score (nSPS) is 16.1. The van der Waals surface area contributed by atoms with E-state index in [1.807, 2.05) is 30.6 Å². The zero-order valence-electron chi connectivity index (χ0n) is 16.7. The van der Waals surface area contributed by atoms with Crippen molar-refractivity contribution in [2.24, 2.45) is 7.05 Å². The van der Waals surface area contributed by atoms with Crippen LogP contribution >= 0.6 is 0 Å². The molecule has 1 atom stereocenters. The summed E-state index contributed by atoms with van der Waals surface area (Å²) in [5, 5.41) is 3.37. The molecule has 0 saturated heterocycles. The standard InChI is InChI=1S/C20H27N5O2S/c1-24(2)11-17-21-18(12-25(17)3)28(27)23-20(26)22-19-15-8-4-6-13(15)10-14-7-5-9-16(14)19/h10,12H,4-9,11H2,1-3H3,(H2,22,23,26). The van der Waals surface area contributed by atoms with Crippen molar-refractivity contribution in [1.29, 1.82) is 0 Å². The Morgan fingerprint density at radius 3 is 2.43 bits per heavy atom. The topological polar surface area (TPSA) is 79.3 Å². The minimum absolute atomic E-state index is 0.359.